The van der Waals surface area contributed by atoms with E-state index in [1.807, 2.05) is 32.8 Å². The Morgan fingerprint density at radius 2 is 1.64 bits per heavy atom. The van der Waals surface area contributed by atoms with E-state index in [-0.39, 0.29) is 36.2 Å². The van der Waals surface area contributed by atoms with Gasteiger partial charge in [-0.05, 0) is 60.2 Å². The van der Waals surface area contributed by atoms with Crippen LogP contribution in [0.25, 0.3) is 0 Å². The van der Waals surface area contributed by atoms with Gasteiger partial charge >= 0.3 is 0 Å². The fraction of sp³-hybridized carbons (Fsp3) is 0.690. The fourth-order valence-corrected chi connectivity index (χ4v) is 4.14. The highest BCUT2D eigenvalue weighted by atomic mass is 16.2. The molecule has 7 nitrogen and oxygen atoms in total. The van der Waals surface area contributed by atoms with Crippen LogP contribution in [-0.4, -0.2) is 73.8 Å². The van der Waals surface area contributed by atoms with Crippen molar-refractivity contribution in [2.24, 2.45) is 11.3 Å². The maximum absolute atomic E-state index is 13.4. The monoisotopic (exact) mass is 504 g/mol. The van der Waals surface area contributed by atoms with Crippen LogP contribution in [0.5, 0.6) is 0 Å². The molecule has 0 aliphatic rings. The molecule has 0 heterocycles. The highest BCUT2D eigenvalue weighted by Crippen LogP contribution is 2.36. The van der Waals surface area contributed by atoms with E-state index < -0.39 is 11.5 Å². The lowest BCUT2D eigenvalue weighted by Gasteiger charge is -2.37. The van der Waals surface area contributed by atoms with Gasteiger partial charge in [0.25, 0.3) is 0 Å². The van der Waals surface area contributed by atoms with Gasteiger partial charge in [0.05, 0.1) is 5.92 Å². The molecule has 0 radical (unpaired) electrons. The summed E-state index contributed by atoms with van der Waals surface area (Å²) in [4.78, 5) is 42.3. The molecule has 0 aromatic rings. The van der Waals surface area contributed by atoms with Crippen molar-refractivity contribution in [1.82, 2.24) is 20.4 Å². The van der Waals surface area contributed by atoms with E-state index >= 15 is 0 Å². The number of allylic oxidation sites excluding steroid dienone is 4. The van der Waals surface area contributed by atoms with Gasteiger partial charge in [-0.25, -0.2) is 0 Å². The zero-order valence-electron chi connectivity index (χ0n) is 24.7. The highest BCUT2D eigenvalue weighted by Gasteiger charge is 2.38. The van der Waals surface area contributed by atoms with E-state index in [1.54, 1.807) is 27.0 Å². The summed E-state index contributed by atoms with van der Waals surface area (Å²) in [6.45, 7) is 16.6. The van der Waals surface area contributed by atoms with E-state index in [0.29, 0.717) is 12.1 Å². The SMILES string of the molecule is C/C=C(\C=C/CC)C(C)(C)C(CN(C)C)C(=O)NC(C)C(=O)N(C)C/C=C(\C)C(=O)NC(C)CCC. The molecule has 3 amide bonds. The molecule has 0 aromatic heterocycles. The molecule has 7 heteroatoms. The minimum atomic E-state index is -0.685. The second-order valence-electron chi connectivity index (χ2n) is 10.6. The van der Waals surface area contributed by atoms with Gasteiger partial charge in [-0.15, -0.1) is 0 Å². The van der Waals surface area contributed by atoms with Gasteiger partial charge in [0.1, 0.15) is 6.04 Å². The van der Waals surface area contributed by atoms with Crippen molar-refractivity contribution in [3.05, 3.63) is 35.5 Å². The zero-order valence-corrected chi connectivity index (χ0v) is 24.7. The lowest BCUT2D eigenvalue weighted by atomic mass is 9.71. The van der Waals surface area contributed by atoms with Gasteiger partial charge in [0.15, 0.2) is 0 Å². The molecule has 0 saturated carbocycles. The van der Waals surface area contributed by atoms with Crippen LogP contribution in [-0.2, 0) is 14.4 Å². The minimum absolute atomic E-state index is 0.111. The number of carbonyl (C=O) groups excluding carboxylic acids is 3. The first kappa shape index (κ1) is 33.6. The molecule has 206 valence electrons. The first-order valence-corrected chi connectivity index (χ1v) is 13.2. The third kappa shape index (κ3) is 11.1. The summed E-state index contributed by atoms with van der Waals surface area (Å²) in [5.41, 5.74) is 1.24. The van der Waals surface area contributed by atoms with Crippen molar-refractivity contribution in [1.29, 1.82) is 0 Å². The maximum atomic E-state index is 13.4. The van der Waals surface area contributed by atoms with Crippen LogP contribution in [0.15, 0.2) is 35.5 Å². The predicted octanol–water partition coefficient (Wildman–Crippen LogP) is 4.32. The number of carbonyl (C=O) groups is 3. The molecule has 0 aliphatic heterocycles. The second kappa shape index (κ2) is 16.4. The van der Waals surface area contributed by atoms with Crippen molar-refractivity contribution in [2.45, 2.75) is 86.7 Å². The number of amides is 3. The van der Waals surface area contributed by atoms with Crippen LogP contribution >= 0.6 is 0 Å². The zero-order chi connectivity index (χ0) is 28.1. The largest absolute Gasteiger partial charge is 0.350 e. The summed E-state index contributed by atoms with van der Waals surface area (Å²) >= 11 is 0. The highest BCUT2D eigenvalue weighted by molar-refractivity contribution is 5.93. The molecule has 0 aliphatic carbocycles. The van der Waals surface area contributed by atoms with Crippen LogP contribution in [0, 0.1) is 11.3 Å². The summed E-state index contributed by atoms with van der Waals surface area (Å²) in [6, 6.07) is -0.573. The molecule has 0 aromatic carbocycles. The molecule has 36 heavy (non-hydrogen) atoms. The molecule has 2 N–H and O–H groups in total. The maximum Gasteiger partial charge on any atom is 0.246 e. The Labute approximate surface area is 220 Å². The van der Waals surface area contributed by atoms with Crippen LogP contribution in [0.4, 0.5) is 0 Å². The summed E-state index contributed by atoms with van der Waals surface area (Å²) in [7, 11) is 5.58. The predicted molar refractivity (Wildman–Crippen MR) is 151 cm³/mol. The Morgan fingerprint density at radius 3 is 2.14 bits per heavy atom. The van der Waals surface area contributed by atoms with Gasteiger partial charge in [0, 0.05) is 37.2 Å². The number of hydrogen-bond donors (Lipinski definition) is 2. The van der Waals surface area contributed by atoms with Crippen molar-refractivity contribution in [2.75, 3.05) is 34.2 Å². The van der Waals surface area contributed by atoms with Crippen molar-refractivity contribution in [3.63, 3.8) is 0 Å². The molecular weight excluding hydrogens is 452 g/mol. The Morgan fingerprint density at radius 1 is 1.03 bits per heavy atom. The van der Waals surface area contributed by atoms with Gasteiger partial charge < -0.3 is 20.4 Å². The standard InChI is InChI=1S/C29H52N4O3/c1-12-15-17-24(14-3)29(7,8)25(20-32(9)10)27(35)31-23(6)28(36)33(11)19-18-21(4)26(34)30-22(5)16-13-2/h14-15,17-18,22-23,25H,12-13,16,19-20H2,1-11H3,(H,30,34)(H,31,35)/b17-15-,21-18+,24-14+. The first-order valence-electron chi connectivity index (χ1n) is 13.2. The number of nitrogens with one attached hydrogen (secondary N) is 2. The van der Waals surface area contributed by atoms with Crippen LogP contribution in [0.2, 0.25) is 0 Å². The summed E-state index contributed by atoms with van der Waals surface area (Å²) < 4.78 is 0. The molecule has 0 bridgehead atoms. The smallest absolute Gasteiger partial charge is 0.246 e. The van der Waals surface area contributed by atoms with Gasteiger partial charge in [-0.3, -0.25) is 14.4 Å². The van der Waals surface area contributed by atoms with Crippen molar-refractivity contribution < 1.29 is 14.4 Å². The molecule has 0 saturated heterocycles. The average Bonchev–Trinajstić information content (AvgIpc) is 2.80. The third-order valence-corrected chi connectivity index (χ3v) is 6.56. The Balaban J connectivity index is 5.40. The van der Waals surface area contributed by atoms with Crippen LogP contribution < -0.4 is 10.6 Å². The van der Waals surface area contributed by atoms with E-state index in [1.165, 1.54) is 4.90 Å². The first-order chi connectivity index (χ1) is 16.7. The normalized spacial score (nSPS) is 15.6. The quantitative estimate of drug-likeness (QED) is 0.257. The number of rotatable bonds is 15. The molecule has 0 rings (SSSR count). The summed E-state index contributed by atoms with van der Waals surface area (Å²) in [5.74, 6) is -0.825. The second-order valence-corrected chi connectivity index (χ2v) is 10.6. The summed E-state index contributed by atoms with van der Waals surface area (Å²) in [6.07, 6.45) is 10.8. The van der Waals surface area contributed by atoms with Crippen molar-refractivity contribution >= 4 is 17.7 Å². The minimum Gasteiger partial charge on any atom is -0.350 e. The van der Waals surface area contributed by atoms with Gasteiger partial charge in [-0.1, -0.05) is 58.4 Å². The molecule has 3 atom stereocenters. The number of likely N-dealkylation sites (N-methyl/N-ethyl adjacent to an activating group) is 1. The fourth-order valence-electron chi connectivity index (χ4n) is 4.14. The van der Waals surface area contributed by atoms with Gasteiger partial charge in [0.2, 0.25) is 17.7 Å². The van der Waals surface area contributed by atoms with Crippen LogP contribution in [0.3, 0.4) is 0 Å². The molecular formula is C29H52N4O3. The van der Waals surface area contributed by atoms with E-state index in [0.717, 1.165) is 24.8 Å². The van der Waals surface area contributed by atoms with Gasteiger partial charge in [-0.2, -0.15) is 0 Å². The van der Waals surface area contributed by atoms with E-state index in [2.05, 4.69) is 56.6 Å². The Kier molecular flexibility index (Phi) is 15.3. The molecule has 0 fully saturated rings. The average molecular weight is 505 g/mol. The van der Waals surface area contributed by atoms with Crippen molar-refractivity contribution in [3.8, 4) is 0 Å². The Bertz CT molecular complexity index is 811. The third-order valence-electron chi connectivity index (χ3n) is 6.56. The number of hydrogen-bond acceptors (Lipinski definition) is 4. The van der Waals surface area contributed by atoms with E-state index in [4.69, 9.17) is 0 Å². The number of nitrogens with zero attached hydrogens (tertiary/aromatic N) is 2. The molecule has 3 unspecified atom stereocenters. The summed E-state index contributed by atoms with van der Waals surface area (Å²) in [5, 5.41) is 5.92. The molecule has 0 spiro atoms. The lowest BCUT2D eigenvalue weighted by Crippen LogP contribution is -2.51. The van der Waals surface area contributed by atoms with Crippen LogP contribution in [0.1, 0.15) is 74.7 Å². The topological polar surface area (TPSA) is 81.8 Å². The Hall–Kier alpha value is -2.41. The lowest BCUT2D eigenvalue weighted by molar-refractivity contribution is -0.137. The van der Waals surface area contributed by atoms with E-state index in [9.17, 15) is 14.4 Å².